The molecule has 0 bridgehead atoms. The van der Waals surface area contributed by atoms with Gasteiger partial charge in [-0.3, -0.25) is 4.99 Å². The first-order valence-electron chi connectivity index (χ1n) is 7.70. The zero-order valence-electron chi connectivity index (χ0n) is 15.2. The summed E-state index contributed by atoms with van der Waals surface area (Å²) < 4.78 is 4.11. The van der Waals surface area contributed by atoms with E-state index < -0.39 is 0 Å². The number of hydrogen-bond donors (Lipinski definition) is 0. The summed E-state index contributed by atoms with van der Waals surface area (Å²) >= 11 is 1.07. The summed E-state index contributed by atoms with van der Waals surface area (Å²) in [5.41, 5.74) is 8.09. The summed E-state index contributed by atoms with van der Waals surface area (Å²) in [5.74, 6) is 0. The van der Waals surface area contributed by atoms with Gasteiger partial charge in [0.25, 0.3) is 0 Å². The number of thiocyanates is 1. The predicted octanol–water partition coefficient (Wildman–Crippen LogP) is 6.40. The van der Waals surface area contributed by atoms with Gasteiger partial charge in [-0.1, -0.05) is 23.8 Å². The molecular weight excluding hydrogens is 431 g/mol. The van der Waals surface area contributed by atoms with Gasteiger partial charge in [-0.2, -0.15) is 5.26 Å². The van der Waals surface area contributed by atoms with Crippen LogP contribution >= 0.6 is 32.1 Å². The van der Waals surface area contributed by atoms with E-state index in [1.807, 2.05) is 19.2 Å². The molecule has 0 aliphatic carbocycles. The molecule has 0 amide bonds. The van der Waals surface area contributed by atoms with Gasteiger partial charge in [-0.25, -0.2) is 9.39 Å². The number of allylic oxidation sites excluding steroid dienone is 2. The molecule has 2 rings (SSSR count). The quantitative estimate of drug-likeness (QED) is 0.230. The van der Waals surface area contributed by atoms with Crippen LogP contribution in [0.25, 0.3) is 0 Å². The van der Waals surface area contributed by atoms with Crippen molar-refractivity contribution in [2.45, 2.75) is 41.0 Å². The number of benzene rings is 1. The van der Waals surface area contributed by atoms with Crippen LogP contribution in [0, 0.1) is 31.4 Å². The van der Waals surface area contributed by atoms with Crippen molar-refractivity contribution < 1.29 is 13.1 Å². The Morgan fingerprint density at radius 1 is 1.19 bits per heavy atom. The first-order chi connectivity index (χ1) is 12.3. The standard InChI is InChI=1S/C18H20N4S.2ClH.Fe/c1-11-8-12(2)18(13(3)9-11)20-14(4)16-6-7-17(21-16)15(5)22-23-10-19;;;/h6,8-9H,7H2,1-5H3;2*1H;/q;;;+2/p-2/b20-14?,22-15+;;;. The summed E-state index contributed by atoms with van der Waals surface area (Å²) in [6.07, 6.45) is 2.79. The Kier molecular flexibility index (Phi) is 10.2. The maximum absolute atomic E-state index is 8.57. The molecule has 0 saturated carbocycles. The van der Waals surface area contributed by atoms with Gasteiger partial charge in [0.2, 0.25) is 0 Å². The van der Waals surface area contributed by atoms with E-state index in [1.165, 1.54) is 16.7 Å². The molecule has 0 fully saturated rings. The van der Waals surface area contributed by atoms with E-state index >= 15 is 0 Å². The minimum atomic E-state index is 0.194. The van der Waals surface area contributed by atoms with Crippen molar-refractivity contribution in [2.24, 2.45) is 14.4 Å². The van der Waals surface area contributed by atoms with Crippen molar-refractivity contribution in [3.8, 4) is 5.40 Å². The zero-order chi connectivity index (χ0) is 19.7. The van der Waals surface area contributed by atoms with E-state index in [0.717, 1.165) is 46.9 Å². The van der Waals surface area contributed by atoms with Crippen molar-refractivity contribution in [1.82, 2.24) is 0 Å². The number of nitrogens with zero attached hydrogens (tertiary/aromatic N) is 4. The van der Waals surface area contributed by atoms with Crippen molar-refractivity contribution in [3.63, 3.8) is 0 Å². The van der Waals surface area contributed by atoms with Gasteiger partial charge in [0, 0.05) is 6.42 Å². The van der Waals surface area contributed by atoms with Crippen LogP contribution in [0.2, 0.25) is 0 Å². The van der Waals surface area contributed by atoms with Crippen LogP contribution < -0.4 is 0 Å². The third-order valence-corrected chi connectivity index (χ3v) is 4.12. The molecule has 26 heavy (non-hydrogen) atoms. The SMILES string of the molecule is CC(=Nc1c(C)cc(C)cc1C)C1=CCC(/C(C)=N/SC#N)=N1.[Cl][Fe][Cl]. The molecule has 1 heterocycles. The van der Waals surface area contributed by atoms with Crippen LogP contribution in [0.1, 0.15) is 37.0 Å². The van der Waals surface area contributed by atoms with E-state index in [-0.39, 0.29) is 13.1 Å². The molecule has 140 valence electrons. The van der Waals surface area contributed by atoms with Crippen LogP contribution in [0.3, 0.4) is 0 Å². The number of hydrogen-bond acceptors (Lipinski definition) is 5. The molecule has 1 aliphatic heterocycles. The second kappa shape index (κ2) is 11.6. The fourth-order valence-corrected chi connectivity index (χ4v) is 2.89. The number of aryl methyl sites for hydroxylation is 3. The third kappa shape index (κ3) is 6.90. The molecule has 0 radical (unpaired) electrons. The van der Waals surface area contributed by atoms with Crippen molar-refractivity contribution in [3.05, 3.63) is 40.6 Å². The normalized spacial score (nSPS) is 14.4. The van der Waals surface area contributed by atoms with Gasteiger partial charge in [0.1, 0.15) is 0 Å². The maximum atomic E-state index is 8.57. The number of aliphatic imine (C=N–C) groups is 2. The molecular formula is C18H20Cl2FeN4S. The Labute approximate surface area is 174 Å². The van der Waals surface area contributed by atoms with Gasteiger partial charge in [0.15, 0.2) is 5.40 Å². The average molecular weight is 451 g/mol. The number of halogens is 2. The van der Waals surface area contributed by atoms with Crippen LogP contribution in [0.15, 0.2) is 38.3 Å². The second-order valence-electron chi connectivity index (χ2n) is 5.71. The van der Waals surface area contributed by atoms with Gasteiger partial charge >= 0.3 is 33.3 Å². The molecule has 0 N–H and O–H groups in total. The summed E-state index contributed by atoms with van der Waals surface area (Å²) in [7, 11) is 9.53. The predicted molar refractivity (Wildman–Crippen MR) is 112 cm³/mol. The van der Waals surface area contributed by atoms with E-state index in [4.69, 9.17) is 30.5 Å². The minimum absolute atomic E-state index is 0.194. The zero-order valence-corrected chi connectivity index (χ0v) is 18.7. The topological polar surface area (TPSA) is 60.9 Å². The molecule has 1 aliphatic rings. The first-order valence-corrected chi connectivity index (χ1v) is 11.5. The number of nitriles is 1. The Bertz CT molecular complexity index is 800. The van der Waals surface area contributed by atoms with Crippen LogP contribution in [0.4, 0.5) is 5.69 Å². The van der Waals surface area contributed by atoms with Gasteiger partial charge in [-0.15, -0.1) is 0 Å². The monoisotopic (exact) mass is 450 g/mol. The fraction of sp³-hybridized carbons (Fsp3) is 0.333. The van der Waals surface area contributed by atoms with Gasteiger partial charge in [0.05, 0.1) is 40.5 Å². The fourth-order valence-electron chi connectivity index (χ4n) is 2.60. The molecule has 0 unspecified atom stereocenters. The van der Waals surface area contributed by atoms with Crippen molar-refractivity contribution >= 4 is 55.0 Å². The van der Waals surface area contributed by atoms with E-state index in [1.54, 1.807) is 0 Å². The molecule has 8 heteroatoms. The third-order valence-electron chi connectivity index (χ3n) is 3.67. The molecule has 4 nitrogen and oxygen atoms in total. The van der Waals surface area contributed by atoms with Crippen LogP contribution in [-0.2, 0) is 13.1 Å². The Balaban J connectivity index is 0.00000105. The van der Waals surface area contributed by atoms with Crippen LogP contribution in [-0.4, -0.2) is 17.1 Å². The van der Waals surface area contributed by atoms with Crippen molar-refractivity contribution in [1.29, 1.82) is 5.26 Å². The summed E-state index contributed by atoms with van der Waals surface area (Å²) in [6, 6.07) is 4.29. The molecule has 0 spiro atoms. The second-order valence-corrected chi connectivity index (χ2v) is 8.08. The van der Waals surface area contributed by atoms with Crippen molar-refractivity contribution in [2.75, 3.05) is 0 Å². The van der Waals surface area contributed by atoms with E-state index in [2.05, 4.69) is 48.4 Å². The average Bonchev–Trinajstić information content (AvgIpc) is 3.06. The molecule has 0 saturated heterocycles. The van der Waals surface area contributed by atoms with Crippen LogP contribution in [0.5, 0.6) is 0 Å². The molecule has 1 aromatic rings. The Morgan fingerprint density at radius 2 is 1.77 bits per heavy atom. The first kappa shape index (κ1) is 22.9. The van der Waals surface area contributed by atoms with E-state index in [0.29, 0.717) is 0 Å². The molecule has 0 atom stereocenters. The number of rotatable bonds is 4. The van der Waals surface area contributed by atoms with Gasteiger partial charge in [-0.05, 0) is 45.7 Å². The Morgan fingerprint density at radius 3 is 2.31 bits per heavy atom. The molecule has 1 aromatic carbocycles. The van der Waals surface area contributed by atoms with Gasteiger partial charge < -0.3 is 0 Å². The molecule has 0 aromatic heterocycles. The Hall–Kier alpha value is -1.09. The summed E-state index contributed by atoms with van der Waals surface area (Å²) in [5, 5.41) is 10.5. The van der Waals surface area contributed by atoms with E-state index in [9.17, 15) is 0 Å². The summed E-state index contributed by atoms with van der Waals surface area (Å²) in [6.45, 7) is 10.1. The summed E-state index contributed by atoms with van der Waals surface area (Å²) in [4.78, 5) is 9.39.